The predicted octanol–water partition coefficient (Wildman–Crippen LogP) is 0.175. The molecule has 0 fully saturated rings. The van der Waals surface area contributed by atoms with Gasteiger partial charge < -0.3 is 0 Å². The van der Waals surface area contributed by atoms with Crippen LogP contribution >= 0.6 is 45.2 Å². The Morgan fingerprint density at radius 1 is 0.556 bits per heavy atom. The highest BCUT2D eigenvalue weighted by Gasteiger charge is 2.22. The standard InChI is InChI=1S/C10H2I2N2O4/c11-5-1-2(8(16)13-7(1)15)6(12)4-3(5)9(17)14-10(4)18/h(H,13,15,16)(H,14,17,18). The highest BCUT2D eigenvalue weighted by atomic mass is 127. The molecule has 0 saturated heterocycles. The summed E-state index contributed by atoms with van der Waals surface area (Å²) in [6.07, 6.45) is 0. The van der Waals surface area contributed by atoms with E-state index in [2.05, 4.69) is 9.97 Å². The van der Waals surface area contributed by atoms with Gasteiger partial charge in [0, 0.05) is 7.14 Å². The van der Waals surface area contributed by atoms with Gasteiger partial charge in [0.2, 0.25) is 0 Å². The second kappa shape index (κ2) is 3.73. The van der Waals surface area contributed by atoms with Crippen LogP contribution in [0.2, 0.25) is 0 Å². The molecule has 1 aromatic carbocycles. The summed E-state index contributed by atoms with van der Waals surface area (Å²) in [4.78, 5) is 51.1. The summed E-state index contributed by atoms with van der Waals surface area (Å²) in [5, 5.41) is 0.699. The lowest BCUT2D eigenvalue weighted by atomic mass is 10.1. The number of halogens is 2. The van der Waals surface area contributed by atoms with Crippen LogP contribution in [0.15, 0.2) is 19.2 Å². The number of H-pyrrole nitrogens is 2. The van der Waals surface area contributed by atoms with Gasteiger partial charge in [-0.05, 0) is 45.2 Å². The topological polar surface area (TPSA) is 99.9 Å². The maximum atomic E-state index is 11.7. The molecule has 0 bridgehead atoms. The molecule has 0 saturated carbocycles. The van der Waals surface area contributed by atoms with Crippen molar-refractivity contribution in [3.63, 3.8) is 0 Å². The van der Waals surface area contributed by atoms with Gasteiger partial charge >= 0.3 is 0 Å². The number of aromatic amines is 2. The van der Waals surface area contributed by atoms with E-state index >= 15 is 0 Å². The first-order valence-corrected chi connectivity index (χ1v) is 6.85. The average molecular weight is 468 g/mol. The SMILES string of the molecule is O=c1[nH]c(=O)c2c(I)c3c(=O)[nH]c(=O)c3c(I)c12. The summed E-state index contributed by atoms with van der Waals surface area (Å²) in [6, 6.07) is 0. The van der Waals surface area contributed by atoms with E-state index in [9.17, 15) is 19.2 Å². The van der Waals surface area contributed by atoms with E-state index in [1.54, 1.807) is 0 Å². The Labute approximate surface area is 124 Å². The lowest BCUT2D eigenvalue weighted by Gasteiger charge is -1.98. The first-order chi connectivity index (χ1) is 8.43. The van der Waals surface area contributed by atoms with Crippen LogP contribution in [0.25, 0.3) is 21.5 Å². The maximum Gasteiger partial charge on any atom is 0.260 e. The zero-order chi connectivity index (χ0) is 13.2. The van der Waals surface area contributed by atoms with Crippen LogP contribution in [0.5, 0.6) is 0 Å². The molecule has 2 N–H and O–H groups in total. The lowest BCUT2D eigenvalue weighted by molar-refractivity contribution is 1.25. The molecule has 0 atom stereocenters. The van der Waals surface area contributed by atoms with E-state index in [0.717, 1.165) is 0 Å². The number of fused-ring (bicyclic) bond motifs is 2. The third-order valence-corrected chi connectivity index (χ3v) is 4.90. The van der Waals surface area contributed by atoms with E-state index < -0.39 is 22.2 Å². The minimum atomic E-state index is -0.535. The van der Waals surface area contributed by atoms with Gasteiger partial charge in [-0.3, -0.25) is 29.1 Å². The van der Waals surface area contributed by atoms with Crippen LogP contribution < -0.4 is 22.2 Å². The van der Waals surface area contributed by atoms with Crippen LogP contribution in [-0.2, 0) is 0 Å². The molecule has 3 aromatic rings. The van der Waals surface area contributed by atoms with Gasteiger partial charge in [-0.2, -0.15) is 0 Å². The van der Waals surface area contributed by atoms with Crippen molar-refractivity contribution in [2.75, 3.05) is 0 Å². The monoisotopic (exact) mass is 468 g/mol. The Morgan fingerprint density at radius 3 is 1.00 bits per heavy atom. The van der Waals surface area contributed by atoms with Crippen molar-refractivity contribution in [2.24, 2.45) is 0 Å². The van der Waals surface area contributed by atoms with Crippen molar-refractivity contribution in [3.05, 3.63) is 48.6 Å². The highest BCUT2D eigenvalue weighted by Crippen LogP contribution is 2.27. The second-order valence-corrected chi connectivity index (χ2v) is 5.85. The Bertz CT molecular complexity index is 862. The van der Waals surface area contributed by atoms with Crippen molar-refractivity contribution in [1.29, 1.82) is 0 Å². The summed E-state index contributed by atoms with van der Waals surface area (Å²) < 4.78 is 0.675. The molecule has 2 aromatic heterocycles. The van der Waals surface area contributed by atoms with E-state index in [4.69, 9.17) is 0 Å². The third kappa shape index (κ3) is 1.32. The van der Waals surface area contributed by atoms with Crippen LogP contribution in [0.1, 0.15) is 0 Å². The number of hydrogen-bond donors (Lipinski definition) is 2. The molecular weight excluding hydrogens is 466 g/mol. The van der Waals surface area contributed by atoms with E-state index in [1.165, 1.54) is 0 Å². The molecule has 0 radical (unpaired) electrons. The lowest BCUT2D eigenvalue weighted by Crippen LogP contribution is -2.08. The number of rotatable bonds is 0. The van der Waals surface area contributed by atoms with E-state index in [0.29, 0.717) is 7.14 Å². The van der Waals surface area contributed by atoms with Crippen LogP contribution in [0.4, 0.5) is 0 Å². The quantitative estimate of drug-likeness (QED) is 0.460. The molecule has 0 amide bonds. The smallest absolute Gasteiger partial charge is 0.260 e. The first kappa shape index (κ1) is 12.0. The summed E-state index contributed by atoms with van der Waals surface area (Å²) in [6.45, 7) is 0. The summed E-state index contributed by atoms with van der Waals surface area (Å²) in [5.41, 5.74) is -2.14. The van der Waals surface area contributed by atoms with Gasteiger partial charge in [0.25, 0.3) is 22.2 Å². The molecule has 0 aliphatic rings. The minimum Gasteiger partial charge on any atom is -0.288 e. The van der Waals surface area contributed by atoms with Gasteiger partial charge in [-0.25, -0.2) is 0 Å². The number of hydrogen-bond acceptors (Lipinski definition) is 4. The van der Waals surface area contributed by atoms with Crippen molar-refractivity contribution in [3.8, 4) is 0 Å². The van der Waals surface area contributed by atoms with Crippen molar-refractivity contribution in [2.45, 2.75) is 0 Å². The molecule has 2 heterocycles. The Kier molecular flexibility index (Phi) is 2.49. The van der Waals surface area contributed by atoms with Crippen LogP contribution in [0.3, 0.4) is 0 Å². The Morgan fingerprint density at radius 2 is 0.778 bits per heavy atom. The Hall–Kier alpha value is -1.04. The van der Waals surface area contributed by atoms with Crippen LogP contribution in [0, 0.1) is 7.14 Å². The molecular formula is C10H2I2N2O4. The molecule has 90 valence electrons. The molecule has 0 aliphatic carbocycles. The molecule has 18 heavy (non-hydrogen) atoms. The van der Waals surface area contributed by atoms with E-state index in [1.807, 2.05) is 45.2 Å². The number of aromatic nitrogens is 2. The van der Waals surface area contributed by atoms with Crippen molar-refractivity contribution < 1.29 is 0 Å². The highest BCUT2D eigenvalue weighted by molar-refractivity contribution is 14.1. The normalized spacial score (nSPS) is 11.7. The van der Waals surface area contributed by atoms with Crippen molar-refractivity contribution >= 4 is 66.7 Å². The molecule has 0 unspecified atom stereocenters. The summed E-state index contributed by atoms with van der Waals surface area (Å²) in [5.74, 6) is 0. The first-order valence-electron chi connectivity index (χ1n) is 4.69. The molecule has 0 spiro atoms. The molecule has 3 rings (SSSR count). The fourth-order valence-corrected chi connectivity index (χ4v) is 4.06. The fourth-order valence-electron chi connectivity index (χ4n) is 2.00. The number of benzene rings is 1. The zero-order valence-electron chi connectivity index (χ0n) is 8.39. The zero-order valence-corrected chi connectivity index (χ0v) is 12.7. The summed E-state index contributed by atoms with van der Waals surface area (Å²) >= 11 is 3.62. The van der Waals surface area contributed by atoms with Gasteiger partial charge in [0.15, 0.2) is 0 Å². The predicted molar refractivity (Wildman–Crippen MR) is 83.0 cm³/mol. The van der Waals surface area contributed by atoms with E-state index in [-0.39, 0.29) is 21.5 Å². The molecule has 6 nitrogen and oxygen atoms in total. The largest absolute Gasteiger partial charge is 0.288 e. The number of nitrogens with one attached hydrogen (secondary N) is 2. The average Bonchev–Trinajstić information content (AvgIpc) is 2.73. The fraction of sp³-hybridized carbons (Fsp3) is 0. The molecule has 0 aliphatic heterocycles. The Balaban J connectivity index is 2.94. The van der Waals surface area contributed by atoms with Gasteiger partial charge in [0.05, 0.1) is 21.5 Å². The maximum absolute atomic E-state index is 11.7. The van der Waals surface area contributed by atoms with Gasteiger partial charge in [0.1, 0.15) is 0 Å². The third-order valence-electron chi connectivity index (χ3n) is 2.74. The summed E-state index contributed by atoms with van der Waals surface area (Å²) in [7, 11) is 0. The second-order valence-electron chi connectivity index (χ2n) is 3.69. The van der Waals surface area contributed by atoms with Crippen LogP contribution in [-0.4, -0.2) is 9.97 Å². The molecule has 8 heteroatoms. The van der Waals surface area contributed by atoms with Crippen molar-refractivity contribution in [1.82, 2.24) is 9.97 Å². The van der Waals surface area contributed by atoms with Gasteiger partial charge in [-0.15, -0.1) is 0 Å². The van der Waals surface area contributed by atoms with Gasteiger partial charge in [-0.1, -0.05) is 0 Å². The minimum absolute atomic E-state index is 0.175.